The van der Waals surface area contributed by atoms with Crippen LogP contribution in [-0.4, -0.2) is 24.9 Å². The number of ketones is 1. The van der Waals surface area contributed by atoms with Gasteiger partial charge in [0.15, 0.2) is 23.4 Å². The number of methoxy groups -OCH3 is 1. The number of carbonyl (C=O) groups excluding carboxylic acids is 2. The second-order valence-electron chi connectivity index (χ2n) is 6.14. The Labute approximate surface area is 163 Å². The third-order valence-electron chi connectivity index (χ3n) is 4.21. The number of amides is 1. The zero-order chi connectivity index (χ0) is 19.9. The van der Waals surface area contributed by atoms with Crippen LogP contribution in [0.25, 0.3) is 0 Å². The fourth-order valence-corrected chi connectivity index (χ4v) is 2.73. The number of benzene rings is 3. The summed E-state index contributed by atoms with van der Waals surface area (Å²) < 4.78 is 11.0. The number of nitrogens with one attached hydrogen (secondary N) is 1. The molecule has 0 unspecified atom stereocenters. The minimum absolute atomic E-state index is 0.158. The van der Waals surface area contributed by atoms with Crippen molar-refractivity contribution in [2.24, 2.45) is 0 Å². The summed E-state index contributed by atoms with van der Waals surface area (Å²) in [7, 11) is 1.54. The Hall–Kier alpha value is -3.60. The van der Waals surface area contributed by atoms with Crippen molar-refractivity contribution in [1.82, 2.24) is 0 Å². The molecule has 0 aromatic heterocycles. The molecule has 0 bridgehead atoms. The van der Waals surface area contributed by atoms with E-state index in [4.69, 9.17) is 9.47 Å². The first-order valence-electron chi connectivity index (χ1n) is 8.89. The maximum Gasteiger partial charge on any atom is 0.265 e. The van der Waals surface area contributed by atoms with E-state index in [0.29, 0.717) is 28.3 Å². The molecule has 0 saturated heterocycles. The van der Waals surface area contributed by atoms with E-state index < -0.39 is 6.10 Å². The van der Waals surface area contributed by atoms with E-state index in [1.165, 1.54) is 0 Å². The minimum Gasteiger partial charge on any atom is -0.493 e. The Morgan fingerprint density at radius 2 is 1.43 bits per heavy atom. The summed E-state index contributed by atoms with van der Waals surface area (Å²) in [4.78, 5) is 25.4. The molecule has 0 aliphatic carbocycles. The van der Waals surface area contributed by atoms with Gasteiger partial charge in [-0.15, -0.1) is 0 Å². The smallest absolute Gasteiger partial charge is 0.265 e. The van der Waals surface area contributed by atoms with Gasteiger partial charge < -0.3 is 14.8 Å². The van der Waals surface area contributed by atoms with Gasteiger partial charge in [0.05, 0.1) is 12.8 Å². The lowest BCUT2D eigenvalue weighted by atomic mass is 10.0. The van der Waals surface area contributed by atoms with Crippen LogP contribution < -0.4 is 14.8 Å². The number of para-hydroxylation sites is 3. The fraction of sp³-hybridized carbons (Fsp3) is 0.130. The van der Waals surface area contributed by atoms with Crippen molar-refractivity contribution in [3.05, 3.63) is 90.0 Å². The van der Waals surface area contributed by atoms with Crippen LogP contribution in [0.3, 0.4) is 0 Å². The van der Waals surface area contributed by atoms with Crippen molar-refractivity contribution in [2.45, 2.75) is 13.0 Å². The predicted molar refractivity (Wildman–Crippen MR) is 108 cm³/mol. The molecular weight excluding hydrogens is 354 g/mol. The van der Waals surface area contributed by atoms with Gasteiger partial charge in [0.1, 0.15) is 0 Å². The first kappa shape index (κ1) is 19.2. The molecule has 142 valence electrons. The number of anilines is 1. The van der Waals surface area contributed by atoms with Crippen molar-refractivity contribution in [3.63, 3.8) is 0 Å². The van der Waals surface area contributed by atoms with Crippen LogP contribution in [0, 0.1) is 0 Å². The lowest BCUT2D eigenvalue weighted by Crippen LogP contribution is -2.30. The van der Waals surface area contributed by atoms with Crippen molar-refractivity contribution >= 4 is 17.4 Å². The second-order valence-corrected chi connectivity index (χ2v) is 6.14. The number of ether oxygens (including phenoxy) is 2. The van der Waals surface area contributed by atoms with E-state index in [-0.39, 0.29) is 11.7 Å². The Balaban J connectivity index is 1.76. The van der Waals surface area contributed by atoms with E-state index in [9.17, 15) is 9.59 Å². The fourth-order valence-electron chi connectivity index (χ4n) is 2.73. The molecule has 3 aromatic rings. The van der Waals surface area contributed by atoms with Crippen LogP contribution in [0.5, 0.6) is 11.5 Å². The van der Waals surface area contributed by atoms with Gasteiger partial charge in [-0.2, -0.15) is 0 Å². The van der Waals surface area contributed by atoms with Gasteiger partial charge in [0, 0.05) is 11.1 Å². The highest BCUT2D eigenvalue weighted by atomic mass is 16.5. The van der Waals surface area contributed by atoms with Crippen LogP contribution in [0.1, 0.15) is 22.8 Å². The number of hydrogen-bond acceptors (Lipinski definition) is 4. The van der Waals surface area contributed by atoms with E-state index in [1.807, 2.05) is 12.1 Å². The first-order chi connectivity index (χ1) is 13.6. The van der Waals surface area contributed by atoms with Crippen molar-refractivity contribution in [2.75, 3.05) is 12.4 Å². The molecule has 3 aromatic carbocycles. The average Bonchev–Trinajstić information content (AvgIpc) is 2.74. The summed E-state index contributed by atoms with van der Waals surface area (Å²) >= 11 is 0. The topological polar surface area (TPSA) is 64.6 Å². The van der Waals surface area contributed by atoms with Crippen molar-refractivity contribution < 1.29 is 19.1 Å². The second kappa shape index (κ2) is 8.86. The maximum atomic E-state index is 12.8. The van der Waals surface area contributed by atoms with Gasteiger partial charge in [-0.25, -0.2) is 0 Å². The molecule has 28 heavy (non-hydrogen) atoms. The molecule has 0 aliphatic rings. The summed E-state index contributed by atoms with van der Waals surface area (Å²) in [5, 5.41) is 2.79. The molecule has 0 heterocycles. The van der Waals surface area contributed by atoms with Gasteiger partial charge in [-0.1, -0.05) is 54.6 Å². The standard InChI is InChI=1S/C23H21NO4/c1-16(28-21-15-9-8-14-20(21)27-2)23(26)24-19-13-7-6-12-18(19)22(25)17-10-4-3-5-11-17/h3-16H,1-2H3,(H,24,26)/t16-/m1/s1. The molecule has 0 radical (unpaired) electrons. The minimum atomic E-state index is -0.781. The molecule has 3 rings (SSSR count). The summed E-state index contributed by atoms with van der Waals surface area (Å²) in [6.07, 6.45) is -0.781. The van der Waals surface area contributed by atoms with Gasteiger partial charge in [0.2, 0.25) is 0 Å². The molecular formula is C23H21NO4. The van der Waals surface area contributed by atoms with Crippen LogP contribution >= 0.6 is 0 Å². The summed E-state index contributed by atoms with van der Waals surface area (Å²) in [6.45, 7) is 1.64. The van der Waals surface area contributed by atoms with Crippen LogP contribution in [0.2, 0.25) is 0 Å². The van der Waals surface area contributed by atoms with E-state index in [1.54, 1.807) is 80.8 Å². The zero-order valence-electron chi connectivity index (χ0n) is 15.7. The molecule has 1 amide bonds. The Morgan fingerprint density at radius 1 is 0.821 bits per heavy atom. The molecule has 0 saturated carbocycles. The largest absolute Gasteiger partial charge is 0.493 e. The molecule has 1 N–H and O–H groups in total. The lowest BCUT2D eigenvalue weighted by Gasteiger charge is -2.17. The van der Waals surface area contributed by atoms with Gasteiger partial charge >= 0.3 is 0 Å². The highest BCUT2D eigenvalue weighted by Crippen LogP contribution is 2.27. The highest BCUT2D eigenvalue weighted by molar-refractivity contribution is 6.14. The van der Waals surface area contributed by atoms with E-state index in [2.05, 4.69) is 5.32 Å². The summed E-state index contributed by atoms with van der Waals surface area (Å²) in [6, 6.07) is 23.0. The molecule has 0 spiro atoms. The molecule has 5 nitrogen and oxygen atoms in total. The Bertz CT molecular complexity index is 969. The highest BCUT2D eigenvalue weighted by Gasteiger charge is 2.20. The molecule has 1 atom stereocenters. The predicted octanol–water partition coefficient (Wildman–Crippen LogP) is 4.33. The summed E-state index contributed by atoms with van der Waals surface area (Å²) in [5.41, 5.74) is 1.42. The number of rotatable bonds is 7. The molecule has 5 heteroatoms. The average molecular weight is 375 g/mol. The van der Waals surface area contributed by atoms with Gasteiger partial charge in [0.25, 0.3) is 5.91 Å². The van der Waals surface area contributed by atoms with Crippen LogP contribution in [-0.2, 0) is 4.79 Å². The van der Waals surface area contributed by atoms with E-state index in [0.717, 1.165) is 0 Å². The lowest BCUT2D eigenvalue weighted by molar-refractivity contribution is -0.122. The van der Waals surface area contributed by atoms with Gasteiger partial charge in [-0.3, -0.25) is 9.59 Å². The normalized spacial score (nSPS) is 11.4. The monoisotopic (exact) mass is 375 g/mol. The number of carbonyl (C=O) groups is 2. The third-order valence-corrected chi connectivity index (χ3v) is 4.21. The maximum absolute atomic E-state index is 12.8. The first-order valence-corrected chi connectivity index (χ1v) is 8.89. The van der Waals surface area contributed by atoms with Crippen LogP contribution in [0.4, 0.5) is 5.69 Å². The summed E-state index contributed by atoms with van der Waals surface area (Å²) in [5.74, 6) is 0.497. The molecule has 0 fully saturated rings. The van der Waals surface area contributed by atoms with Crippen LogP contribution in [0.15, 0.2) is 78.9 Å². The van der Waals surface area contributed by atoms with Crippen molar-refractivity contribution in [3.8, 4) is 11.5 Å². The van der Waals surface area contributed by atoms with E-state index >= 15 is 0 Å². The number of hydrogen-bond donors (Lipinski definition) is 1. The molecule has 0 aliphatic heterocycles. The van der Waals surface area contributed by atoms with Gasteiger partial charge in [-0.05, 0) is 31.2 Å². The Morgan fingerprint density at radius 3 is 2.14 bits per heavy atom. The van der Waals surface area contributed by atoms with Crippen molar-refractivity contribution in [1.29, 1.82) is 0 Å². The zero-order valence-corrected chi connectivity index (χ0v) is 15.7. The quantitative estimate of drug-likeness (QED) is 0.624. The Kier molecular flexibility index (Phi) is 6.07. The third kappa shape index (κ3) is 4.38. The SMILES string of the molecule is COc1ccccc1O[C@H](C)C(=O)Nc1ccccc1C(=O)c1ccccc1.